The molecule has 1 unspecified atom stereocenters. The predicted octanol–water partition coefficient (Wildman–Crippen LogP) is 3.61. The van der Waals surface area contributed by atoms with Crippen molar-refractivity contribution < 1.29 is 4.79 Å². The Kier molecular flexibility index (Phi) is 4.03. The van der Waals surface area contributed by atoms with Gasteiger partial charge in [-0.05, 0) is 62.9 Å². The summed E-state index contributed by atoms with van der Waals surface area (Å²) in [6.45, 7) is 4.83. The smallest absolute Gasteiger partial charge is 0.231 e. The maximum Gasteiger partial charge on any atom is 0.231 e. The lowest BCUT2D eigenvalue weighted by molar-refractivity contribution is -0.119. The molecule has 1 aromatic carbocycles. The molecule has 2 aromatic rings. The zero-order valence-corrected chi connectivity index (χ0v) is 14.7. The molecule has 1 saturated carbocycles. The molecule has 1 atom stereocenters. The lowest BCUT2D eigenvalue weighted by Gasteiger charge is -2.23. The average molecular weight is 350 g/mol. The van der Waals surface area contributed by atoms with Gasteiger partial charge in [-0.2, -0.15) is 0 Å². The summed E-state index contributed by atoms with van der Waals surface area (Å²) in [5.41, 5.74) is 2.03. The number of anilines is 1. The molecule has 0 radical (unpaired) electrons. The Morgan fingerprint density at radius 2 is 2.26 bits per heavy atom. The van der Waals surface area contributed by atoms with E-state index in [0.717, 1.165) is 64.8 Å². The molecule has 2 fully saturated rings. The third kappa shape index (κ3) is 3.10. The second kappa shape index (κ2) is 6.04. The third-order valence-corrected chi connectivity index (χ3v) is 5.91. The van der Waals surface area contributed by atoms with Crippen molar-refractivity contribution in [3.63, 3.8) is 0 Å². The number of carbonyl (C=O) groups is 1. The first kappa shape index (κ1) is 15.4. The molecule has 2 aliphatic rings. The van der Waals surface area contributed by atoms with Crippen LogP contribution >= 0.6 is 22.9 Å². The summed E-state index contributed by atoms with van der Waals surface area (Å²) < 4.78 is 1.06. The van der Waals surface area contributed by atoms with E-state index in [1.54, 1.807) is 11.3 Å². The van der Waals surface area contributed by atoms with Gasteiger partial charge >= 0.3 is 0 Å². The molecule has 1 aliphatic carbocycles. The normalized spacial score (nSPS) is 21.0. The van der Waals surface area contributed by atoms with Crippen LogP contribution in [0.1, 0.15) is 24.8 Å². The van der Waals surface area contributed by atoms with Gasteiger partial charge in [0, 0.05) is 17.5 Å². The zero-order valence-electron chi connectivity index (χ0n) is 13.1. The van der Waals surface area contributed by atoms with Gasteiger partial charge in [0.2, 0.25) is 5.91 Å². The van der Waals surface area contributed by atoms with Crippen molar-refractivity contribution in [2.45, 2.75) is 26.2 Å². The second-order valence-electron chi connectivity index (χ2n) is 6.65. The predicted molar refractivity (Wildman–Crippen MR) is 95.4 cm³/mol. The number of hydrogen-bond acceptors (Lipinski definition) is 4. The lowest BCUT2D eigenvalue weighted by atomic mass is 10.1. The van der Waals surface area contributed by atoms with Crippen LogP contribution in [0, 0.1) is 18.8 Å². The highest BCUT2D eigenvalue weighted by molar-refractivity contribution is 7.22. The number of aromatic nitrogens is 1. The van der Waals surface area contributed by atoms with E-state index in [2.05, 4.69) is 5.32 Å². The quantitative estimate of drug-likeness (QED) is 0.917. The average Bonchev–Trinajstić information content (AvgIpc) is 3.06. The van der Waals surface area contributed by atoms with Gasteiger partial charge in [-0.15, -0.1) is 0 Å². The molecular formula is C17H20ClN3OS. The van der Waals surface area contributed by atoms with E-state index < -0.39 is 0 Å². The van der Waals surface area contributed by atoms with E-state index in [4.69, 9.17) is 16.6 Å². The van der Waals surface area contributed by atoms with E-state index in [-0.39, 0.29) is 11.8 Å². The largest absolute Gasteiger partial charge is 0.316 e. The topological polar surface area (TPSA) is 45.2 Å². The highest BCUT2D eigenvalue weighted by Crippen LogP contribution is 2.37. The van der Waals surface area contributed by atoms with E-state index >= 15 is 0 Å². The first-order chi connectivity index (χ1) is 11.1. The van der Waals surface area contributed by atoms with Crippen LogP contribution in [0.25, 0.3) is 10.2 Å². The van der Waals surface area contributed by atoms with E-state index in [1.165, 1.54) is 0 Å². The van der Waals surface area contributed by atoms with Gasteiger partial charge in [0.25, 0.3) is 0 Å². The molecule has 0 spiro atoms. The minimum absolute atomic E-state index is 0.209. The van der Waals surface area contributed by atoms with Crippen LogP contribution in [-0.2, 0) is 4.79 Å². The van der Waals surface area contributed by atoms with Crippen molar-refractivity contribution in [1.29, 1.82) is 0 Å². The molecule has 23 heavy (non-hydrogen) atoms. The molecule has 1 N–H and O–H groups in total. The summed E-state index contributed by atoms with van der Waals surface area (Å²) in [7, 11) is 0. The van der Waals surface area contributed by atoms with Gasteiger partial charge in [-0.1, -0.05) is 22.9 Å². The fourth-order valence-corrected chi connectivity index (χ4v) is 4.63. The van der Waals surface area contributed by atoms with Gasteiger partial charge in [0.15, 0.2) is 5.13 Å². The van der Waals surface area contributed by atoms with Crippen LogP contribution in [0.3, 0.4) is 0 Å². The molecule has 122 valence electrons. The van der Waals surface area contributed by atoms with Gasteiger partial charge in [-0.25, -0.2) is 4.98 Å². The molecule has 4 rings (SSSR count). The minimum Gasteiger partial charge on any atom is -0.316 e. The monoisotopic (exact) mass is 349 g/mol. The van der Waals surface area contributed by atoms with Crippen molar-refractivity contribution in [3.8, 4) is 0 Å². The Hall–Kier alpha value is -1.17. The Morgan fingerprint density at radius 1 is 1.43 bits per heavy atom. The molecule has 2 heterocycles. The van der Waals surface area contributed by atoms with Gasteiger partial charge in [-0.3, -0.25) is 9.69 Å². The SMILES string of the molecule is Cc1cc(Cl)cc2sc(N(CC3CCNC3)C(=O)C3CC3)nc12. The highest BCUT2D eigenvalue weighted by Gasteiger charge is 2.36. The number of fused-ring (bicyclic) bond motifs is 1. The van der Waals surface area contributed by atoms with E-state index in [0.29, 0.717) is 5.92 Å². The Balaban J connectivity index is 1.69. The fraction of sp³-hybridized carbons (Fsp3) is 0.529. The van der Waals surface area contributed by atoms with Crippen LogP contribution in [0.4, 0.5) is 5.13 Å². The number of thiazole rings is 1. The van der Waals surface area contributed by atoms with Crippen LogP contribution in [-0.4, -0.2) is 30.5 Å². The van der Waals surface area contributed by atoms with Crippen molar-refractivity contribution in [3.05, 3.63) is 22.7 Å². The molecule has 1 saturated heterocycles. The summed E-state index contributed by atoms with van der Waals surface area (Å²) in [6.07, 6.45) is 3.17. The molecule has 1 amide bonds. The number of nitrogens with one attached hydrogen (secondary N) is 1. The number of amides is 1. The molecule has 0 bridgehead atoms. The van der Waals surface area contributed by atoms with Crippen LogP contribution in [0.5, 0.6) is 0 Å². The number of benzene rings is 1. The Labute approximate surface area is 144 Å². The van der Waals surface area contributed by atoms with Crippen molar-refractivity contribution in [2.24, 2.45) is 11.8 Å². The Bertz CT molecular complexity index is 750. The second-order valence-corrected chi connectivity index (χ2v) is 8.09. The Morgan fingerprint density at radius 3 is 2.96 bits per heavy atom. The number of aryl methyl sites for hydroxylation is 1. The number of halogens is 1. The zero-order chi connectivity index (χ0) is 16.0. The lowest BCUT2D eigenvalue weighted by Crippen LogP contribution is -2.37. The van der Waals surface area contributed by atoms with Crippen LogP contribution < -0.4 is 10.2 Å². The fourth-order valence-electron chi connectivity index (χ4n) is 3.20. The van der Waals surface area contributed by atoms with Crippen LogP contribution in [0.15, 0.2) is 12.1 Å². The molecular weight excluding hydrogens is 330 g/mol. The maximum atomic E-state index is 12.8. The number of nitrogens with zero attached hydrogens (tertiary/aromatic N) is 2. The minimum atomic E-state index is 0.209. The first-order valence-corrected chi connectivity index (χ1v) is 9.40. The summed E-state index contributed by atoms with van der Waals surface area (Å²) in [5, 5.41) is 4.94. The molecule has 6 heteroatoms. The van der Waals surface area contributed by atoms with E-state index in [1.807, 2.05) is 24.0 Å². The summed E-state index contributed by atoms with van der Waals surface area (Å²) in [6, 6.07) is 3.88. The third-order valence-electron chi connectivity index (χ3n) is 4.67. The van der Waals surface area contributed by atoms with Crippen molar-refractivity contribution in [1.82, 2.24) is 10.3 Å². The number of hydrogen-bond donors (Lipinski definition) is 1. The maximum absolute atomic E-state index is 12.8. The van der Waals surface area contributed by atoms with Gasteiger partial charge < -0.3 is 5.32 Å². The molecule has 4 nitrogen and oxygen atoms in total. The van der Waals surface area contributed by atoms with Gasteiger partial charge in [0.05, 0.1) is 10.2 Å². The number of carbonyl (C=O) groups excluding carboxylic acids is 1. The van der Waals surface area contributed by atoms with Crippen LogP contribution in [0.2, 0.25) is 5.02 Å². The summed E-state index contributed by atoms with van der Waals surface area (Å²) in [5.74, 6) is 0.982. The molecule has 1 aromatic heterocycles. The highest BCUT2D eigenvalue weighted by atomic mass is 35.5. The first-order valence-electron chi connectivity index (χ1n) is 8.20. The number of rotatable bonds is 4. The van der Waals surface area contributed by atoms with Crippen molar-refractivity contribution in [2.75, 3.05) is 24.5 Å². The van der Waals surface area contributed by atoms with Crippen molar-refractivity contribution >= 4 is 44.2 Å². The van der Waals surface area contributed by atoms with E-state index in [9.17, 15) is 4.79 Å². The standard InChI is InChI=1S/C17H20ClN3OS/c1-10-6-13(18)7-14-15(10)20-17(23-14)21(16(22)12-2-3-12)9-11-4-5-19-8-11/h6-7,11-12,19H,2-5,8-9H2,1H3. The summed E-state index contributed by atoms with van der Waals surface area (Å²) in [4.78, 5) is 19.5. The summed E-state index contributed by atoms with van der Waals surface area (Å²) >= 11 is 7.74. The molecule has 1 aliphatic heterocycles. The van der Waals surface area contributed by atoms with Gasteiger partial charge in [0.1, 0.15) is 0 Å².